The van der Waals surface area contributed by atoms with Gasteiger partial charge < -0.3 is 9.15 Å². The molecule has 0 atom stereocenters. The van der Waals surface area contributed by atoms with E-state index in [-0.39, 0.29) is 22.1 Å². The number of hydrogen-bond acceptors (Lipinski definition) is 5. The van der Waals surface area contributed by atoms with Gasteiger partial charge in [-0.3, -0.25) is 4.79 Å². The number of halogens is 3. The van der Waals surface area contributed by atoms with Crippen molar-refractivity contribution in [3.8, 4) is 0 Å². The highest BCUT2D eigenvalue weighted by Gasteiger charge is 2.30. The van der Waals surface area contributed by atoms with Gasteiger partial charge in [0.1, 0.15) is 5.58 Å². The monoisotopic (exact) mass is 389 g/mol. The zero-order valence-electron chi connectivity index (χ0n) is 14.8. The van der Waals surface area contributed by atoms with Crippen molar-refractivity contribution in [2.75, 3.05) is 7.11 Å². The molecule has 0 unspecified atom stereocenters. The van der Waals surface area contributed by atoms with E-state index in [1.54, 1.807) is 0 Å². The lowest BCUT2D eigenvalue weighted by Crippen LogP contribution is -2.13. The third-order valence-corrected chi connectivity index (χ3v) is 3.97. The Hall–Kier alpha value is -3.42. The van der Waals surface area contributed by atoms with Gasteiger partial charge >= 0.3 is 12.1 Å². The van der Waals surface area contributed by atoms with Crippen LogP contribution >= 0.6 is 0 Å². The number of carbonyl (C=O) groups is 2. The van der Waals surface area contributed by atoms with Gasteiger partial charge in [-0.05, 0) is 55.5 Å². The highest BCUT2D eigenvalue weighted by atomic mass is 19.4. The summed E-state index contributed by atoms with van der Waals surface area (Å²) in [6.07, 6.45) is -4.50. The smallest absolute Gasteiger partial charge is 0.416 e. The normalized spacial score (nSPS) is 12.2. The van der Waals surface area contributed by atoms with E-state index in [9.17, 15) is 22.8 Å². The second-order valence-corrected chi connectivity index (χ2v) is 5.92. The molecule has 3 rings (SSSR count). The molecule has 0 radical (unpaired) electrons. The van der Waals surface area contributed by atoms with Crippen molar-refractivity contribution in [1.29, 1.82) is 0 Å². The van der Waals surface area contributed by atoms with E-state index in [0.717, 1.165) is 12.1 Å². The Kier molecular flexibility index (Phi) is 5.04. The van der Waals surface area contributed by atoms with Gasteiger partial charge in [-0.25, -0.2) is 9.79 Å². The third kappa shape index (κ3) is 3.95. The number of nitrogens with zero attached hydrogens (tertiary/aromatic N) is 1. The van der Waals surface area contributed by atoms with Gasteiger partial charge in [0.2, 0.25) is 5.55 Å². The quantitative estimate of drug-likeness (QED) is 0.482. The molecule has 1 heterocycles. The van der Waals surface area contributed by atoms with Crippen molar-refractivity contribution in [2.24, 2.45) is 4.99 Å². The van der Waals surface area contributed by atoms with Crippen molar-refractivity contribution in [3.05, 3.63) is 70.8 Å². The Morgan fingerprint density at radius 1 is 1.04 bits per heavy atom. The molecule has 0 aliphatic heterocycles. The van der Waals surface area contributed by atoms with Crippen LogP contribution in [0.2, 0.25) is 0 Å². The predicted molar refractivity (Wildman–Crippen MR) is 94.2 cm³/mol. The van der Waals surface area contributed by atoms with E-state index in [2.05, 4.69) is 9.73 Å². The molecule has 1 aromatic heterocycles. The average Bonchev–Trinajstić information content (AvgIpc) is 2.66. The number of ketones is 1. The summed E-state index contributed by atoms with van der Waals surface area (Å²) in [5.74, 6) is -0.917. The summed E-state index contributed by atoms with van der Waals surface area (Å²) >= 11 is 0. The first kappa shape index (κ1) is 19.3. The molecule has 0 aliphatic carbocycles. The molecular weight excluding hydrogens is 375 g/mol. The number of fused-ring (bicyclic) bond motifs is 1. The minimum atomic E-state index is -4.50. The number of benzene rings is 2. The van der Waals surface area contributed by atoms with Gasteiger partial charge in [0.05, 0.1) is 29.5 Å². The van der Waals surface area contributed by atoms with Gasteiger partial charge in [0.15, 0.2) is 5.78 Å². The van der Waals surface area contributed by atoms with Crippen LogP contribution in [0.5, 0.6) is 0 Å². The van der Waals surface area contributed by atoms with Crippen LogP contribution in [0.15, 0.2) is 57.9 Å². The second kappa shape index (κ2) is 7.30. The summed E-state index contributed by atoms with van der Waals surface area (Å²) in [6, 6.07) is 10.4. The van der Waals surface area contributed by atoms with Crippen LogP contribution in [-0.2, 0) is 10.9 Å². The molecule has 0 aliphatic rings. The maximum absolute atomic E-state index is 12.9. The standard InChI is InChI=1S/C20H14F3NO4/c1-11(25)16-10-13-9-14(20(21,22)23)5-8-17(13)28-18(16)24-15-6-3-12(4-7-15)19(26)27-2/h3-10H,1-2H3/b24-18-. The van der Waals surface area contributed by atoms with Gasteiger partial charge in [0.25, 0.3) is 0 Å². The summed E-state index contributed by atoms with van der Waals surface area (Å²) in [4.78, 5) is 27.7. The Balaban J connectivity index is 2.14. The fraction of sp³-hybridized carbons (Fsp3) is 0.150. The van der Waals surface area contributed by atoms with Gasteiger partial charge in [0, 0.05) is 5.39 Å². The Morgan fingerprint density at radius 3 is 2.29 bits per heavy atom. The Bertz CT molecular complexity index is 1130. The lowest BCUT2D eigenvalue weighted by Gasteiger charge is -2.08. The van der Waals surface area contributed by atoms with Crippen molar-refractivity contribution in [2.45, 2.75) is 13.1 Å². The van der Waals surface area contributed by atoms with Crippen LogP contribution in [0.4, 0.5) is 18.9 Å². The first-order valence-corrected chi connectivity index (χ1v) is 8.08. The number of Topliss-reactive ketones (excluding diaryl/α,β-unsaturated/α-hetero) is 1. The molecule has 0 amide bonds. The molecule has 0 saturated heterocycles. The number of methoxy groups -OCH3 is 1. The Morgan fingerprint density at radius 2 is 1.71 bits per heavy atom. The van der Waals surface area contributed by atoms with E-state index < -0.39 is 23.5 Å². The lowest BCUT2D eigenvalue weighted by molar-refractivity contribution is -0.137. The van der Waals surface area contributed by atoms with Crippen LogP contribution in [0.3, 0.4) is 0 Å². The molecule has 3 aromatic rings. The third-order valence-electron chi connectivity index (χ3n) is 3.97. The Labute approximate surface area is 157 Å². The average molecular weight is 389 g/mol. The number of esters is 1. The number of alkyl halides is 3. The minimum absolute atomic E-state index is 0.0365. The van der Waals surface area contributed by atoms with E-state index in [0.29, 0.717) is 11.3 Å². The molecule has 5 nitrogen and oxygen atoms in total. The number of rotatable bonds is 3. The van der Waals surface area contributed by atoms with Gasteiger partial charge in [-0.2, -0.15) is 13.2 Å². The predicted octanol–water partition coefficient (Wildman–Crippen LogP) is 4.67. The van der Waals surface area contributed by atoms with Crippen LogP contribution < -0.4 is 5.55 Å². The van der Waals surface area contributed by atoms with Crippen molar-refractivity contribution < 1.29 is 31.9 Å². The fourth-order valence-electron chi connectivity index (χ4n) is 2.55. The fourth-order valence-corrected chi connectivity index (χ4v) is 2.55. The van der Waals surface area contributed by atoms with E-state index in [1.807, 2.05) is 0 Å². The van der Waals surface area contributed by atoms with E-state index >= 15 is 0 Å². The number of carbonyl (C=O) groups excluding carboxylic acids is 2. The molecule has 2 aromatic carbocycles. The molecule has 8 heteroatoms. The molecular formula is C20H14F3NO4. The first-order valence-electron chi connectivity index (χ1n) is 8.08. The largest absolute Gasteiger partial charge is 0.465 e. The van der Waals surface area contributed by atoms with Gasteiger partial charge in [-0.15, -0.1) is 0 Å². The second-order valence-electron chi connectivity index (χ2n) is 5.92. The molecule has 0 fully saturated rings. The molecule has 144 valence electrons. The van der Waals surface area contributed by atoms with Crippen molar-refractivity contribution >= 4 is 28.4 Å². The molecule has 0 spiro atoms. The molecule has 28 heavy (non-hydrogen) atoms. The maximum Gasteiger partial charge on any atom is 0.416 e. The van der Waals surface area contributed by atoms with E-state index in [4.69, 9.17) is 4.42 Å². The highest BCUT2D eigenvalue weighted by molar-refractivity contribution is 5.96. The number of hydrogen-bond donors (Lipinski definition) is 0. The summed E-state index contributed by atoms with van der Waals surface area (Å²) in [5.41, 5.74) is 0.0405. The summed E-state index contributed by atoms with van der Waals surface area (Å²) in [7, 11) is 1.26. The molecule has 0 N–H and O–H groups in total. The number of ether oxygens (including phenoxy) is 1. The van der Waals surface area contributed by atoms with E-state index in [1.165, 1.54) is 50.4 Å². The van der Waals surface area contributed by atoms with Crippen LogP contribution in [0, 0.1) is 0 Å². The first-order chi connectivity index (χ1) is 13.2. The lowest BCUT2D eigenvalue weighted by atomic mass is 10.1. The molecule has 0 saturated carbocycles. The van der Waals surface area contributed by atoms with Gasteiger partial charge in [-0.1, -0.05) is 0 Å². The summed E-state index contributed by atoms with van der Waals surface area (Å²) in [6.45, 7) is 1.27. The zero-order valence-corrected chi connectivity index (χ0v) is 14.8. The topological polar surface area (TPSA) is 68.9 Å². The highest BCUT2D eigenvalue weighted by Crippen LogP contribution is 2.31. The zero-order chi connectivity index (χ0) is 20.5. The van der Waals surface area contributed by atoms with Crippen LogP contribution in [0.25, 0.3) is 11.0 Å². The minimum Gasteiger partial charge on any atom is -0.465 e. The SMILES string of the molecule is COC(=O)c1ccc(/N=c2\oc3ccc(C(F)(F)F)cc3cc2C(C)=O)cc1. The van der Waals surface area contributed by atoms with Crippen LogP contribution in [-0.4, -0.2) is 18.9 Å². The summed E-state index contributed by atoms with van der Waals surface area (Å²) < 4.78 is 48.9. The van der Waals surface area contributed by atoms with Crippen molar-refractivity contribution in [1.82, 2.24) is 0 Å². The van der Waals surface area contributed by atoms with Crippen molar-refractivity contribution in [3.63, 3.8) is 0 Å². The van der Waals surface area contributed by atoms with Crippen LogP contribution in [0.1, 0.15) is 33.2 Å². The molecule has 0 bridgehead atoms. The maximum atomic E-state index is 12.9. The summed E-state index contributed by atoms with van der Waals surface area (Å²) in [5, 5.41) is 0.139.